The Hall–Kier alpha value is -4.81. The largest absolute Gasteiger partial charge is 0.508 e. The Bertz CT molecular complexity index is 1370. The van der Waals surface area contributed by atoms with Crippen molar-refractivity contribution in [2.45, 2.75) is 90.1 Å². The van der Waals surface area contributed by atoms with Gasteiger partial charge in [-0.2, -0.15) is 0 Å². The van der Waals surface area contributed by atoms with Crippen LogP contribution in [0.25, 0.3) is 0 Å². The zero-order valence-corrected chi connectivity index (χ0v) is 28.2. The van der Waals surface area contributed by atoms with Crippen LogP contribution in [0.5, 0.6) is 11.5 Å². The molecule has 0 unspecified atom stereocenters. The number of ether oxygens (including phenoxy) is 1. The third-order valence-electron chi connectivity index (χ3n) is 8.43. The predicted octanol–water partition coefficient (Wildman–Crippen LogP) is 2.43. The number of phenolic OH excluding ortho intramolecular Hbond substituents is 1. The van der Waals surface area contributed by atoms with E-state index in [0.29, 0.717) is 11.3 Å². The molecular weight excluding hydrogens is 604 g/mol. The third-order valence-corrected chi connectivity index (χ3v) is 8.43. The lowest BCUT2D eigenvalue weighted by Crippen LogP contribution is -2.56. The lowest BCUT2D eigenvalue weighted by Gasteiger charge is -2.29. The Morgan fingerprint density at radius 2 is 1.45 bits per heavy atom. The molecule has 2 atom stereocenters. The maximum atomic E-state index is 13.6. The van der Waals surface area contributed by atoms with E-state index < -0.39 is 42.3 Å². The lowest BCUT2D eigenvalue weighted by atomic mass is 9.76. The van der Waals surface area contributed by atoms with Crippen molar-refractivity contribution in [1.82, 2.24) is 21.3 Å². The molecule has 0 saturated carbocycles. The van der Waals surface area contributed by atoms with Crippen molar-refractivity contribution in [2.24, 2.45) is 5.73 Å². The Morgan fingerprint density at radius 3 is 1.96 bits per heavy atom. The number of guanidine groups is 1. The molecule has 0 spiro atoms. The van der Waals surface area contributed by atoms with Crippen LogP contribution in [-0.2, 0) is 36.4 Å². The molecule has 0 bridgehead atoms. The van der Waals surface area contributed by atoms with Crippen LogP contribution >= 0.6 is 0 Å². The zero-order chi connectivity index (χ0) is 35.4. The van der Waals surface area contributed by atoms with E-state index in [1.54, 1.807) is 12.1 Å². The fourth-order valence-electron chi connectivity index (χ4n) is 4.51. The first-order valence-electron chi connectivity index (χ1n) is 15.7. The molecule has 0 fully saturated rings. The third kappa shape index (κ3) is 12.5. The Kier molecular flexibility index (Phi) is 14.0. The number of hydrogen-bond acceptors (Lipinski definition) is 7. The smallest absolute Gasteiger partial charge is 0.322 e. The van der Waals surface area contributed by atoms with Crippen LogP contribution in [-0.4, -0.2) is 71.6 Å². The zero-order valence-electron chi connectivity index (χ0n) is 28.2. The number of phenols is 1. The maximum absolute atomic E-state index is 13.6. The van der Waals surface area contributed by atoms with Gasteiger partial charge in [0.05, 0.1) is 0 Å². The second kappa shape index (κ2) is 17.2. The topological polar surface area (TPSA) is 216 Å². The van der Waals surface area contributed by atoms with Gasteiger partial charge in [0.15, 0.2) is 12.6 Å². The van der Waals surface area contributed by atoms with E-state index in [1.807, 2.05) is 12.1 Å². The number of aliphatic carboxylic acids is 1. The molecule has 0 aromatic heterocycles. The van der Waals surface area contributed by atoms with E-state index in [1.165, 1.54) is 12.1 Å². The minimum atomic E-state index is -1.27. The molecule has 3 amide bonds. The highest BCUT2D eigenvalue weighted by Crippen LogP contribution is 2.36. The molecule has 2 aromatic rings. The number of amides is 3. The summed E-state index contributed by atoms with van der Waals surface area (Å²) in [7, 11) is 0. The lowest BCUT2D eigenvalue weighted by molar-refractivity contribution is -0.138. The van der Waals surface area contributed by atoms with Crippen molar-refractivity contribution in [1.29, 1.82) is 5.41 Å². The van der Waals surface area contributed by atoms with Crippen molar-refractivity contribution >= 4 is 29.7 Å². The monoisotopic (exact) mass is 654 g/mol. The van der Waals surface area contributed by atoms with Gasteiger partial charge in [-0.3, -0.25) is 24.6 Å². The van der Waals surface area contributed by atoms with Gasteiger partial charge in [0.1, 0.15) is 30.1 Å². The van der Waals surface area contributed by atoms with E-state index in [-0.39, 0.29) is 48.5 Å². The van der Waals surface area contributed by atoms with Crippen LogP contribution < -0.4 is 31.7 Å². The summed E-state index contributed by atoms with van der Waals surface area (Å²) in [5.74, 6) is -3.09. The molecule has 0 aliphatic carbocycles. The number of carboxylic acids is 1. The van der Waals surface area contributed by atoms with E-state index in [9.17, 15) is 24.3 Å². The second-order valence-corrected chi connectivity index (χ2v) is 12.8. The molecular formula is C34H50N6O7. The van der Waals surface area contributed by atoms with E-state index in [0.717, 1.165) is 24.0 Å². The summed E-state index contributed by atoms with van der Waals surface area (Å²) in [6, 6.07) is 9.79. The second-order valence-electron chi connectivity index (χ2n) is 12.8. The number of aromatic hydroxyl groups is 1. The quantitative estimate of drug-likeness (QED) is 0.0874. The summed E-state index contributed by atoms with van der Waals surface area (Å²) in [6.07, 6.45) is 1.79. The minimum absolute atomic E-state index is 0.0159. The molecule has 0 radical (unpaired) electrons. The number of carbonyl (C=O) groups is 4. The number of nitrogens with two attached hydrogens (primary N) is 1. The van der Waals surface area contributed by atoms with E-state index in [4.69, 9.17) is 21.0 Å². The van der Waals surface area contributed by atoms with Crippen molar-refractivity contribution in [3.8, 4) is 11.5 Å². The van der Waals surface area contributed by atoms with Crippen LogP contribution in [0.2, 0.25) is 0 Å². The SMILES string of the molecule is CCC(C)(C)c1cc(OCC(=O)N[C@H](Cc2ccc(O)cc2)C(=O)N[C@H](CCNC(=N)N)C(=O)NCC(=O)O)cc(C(C)(C)CC)c1. The number of benzene rings is 2. The molecule has 0 saturated heterocycles. The van der Waals surface area contributed by atoms with Gasteiger partial charge in [-0.1, -0.05) is 59.7 Å². The molecule has 0 aliphatic heterocycles. The average Bonchev–Trinajstić information content (AvgIpc) is 3.02. The Balaban J connectivity index is 2.30. The molecule has 13 nitrogen and oxygen atoms in total. The Labute approximate surface area is 276 Å². The standard InChI is InChI=1S/C34H50N6O7/c1-7-33(3,4)22-16-23(34(5,6)8-2)18-25(17-22)47-20-28(42)39-27(15-21-9-11-24(41)12-10-21)31(46)40-26(13-14-37-32(35)36)30(45)38-19-29(43)44/h9-12,16-18,26-27,41H,7-8,13-15,19-20H2,1-6H3,(H,38,45)(H,39,42)(H,40,46)(H,43,44)(H4,35,36,37)/t26-,27-/m1/s1. The van der Waals surface area contributed by atoms with E-state index in [2.05, 4.69) is 68.9 Å². The normalized spacial score (nSPS) is 12.7. The van der Waals surface area contributed by atoms with Crippen LogP contribution in [0.1, 0.15) is 77.5 Å². The number of carbonyl (C=O) groups excluding carboxylic acids is 3. The fourth-order valence-corrected chi connectivity index (χ4v) is 4.51. The molecule has 9 N–H and O–H groups in total. The summed E-state index contributed by atoms with van der Waals surface area (Å²) in [5, 5.41) is 36.1. The van der Waals surface area contributed by atoms with Crippen molar-refractivity contribution in [3.63, 3.8) is 0 Å². The first kappa shape index (κ1) is 38.4. The predicted molar refractivity (Wildman–Crippen MR) is 179 cm³/mol. The maximum Gasteiger partial charge on any atom is 0.322 e. The highest BCUT2D eigenvalue weighted by Gasteiger charge is 2.28. The summed E-state index contributed by atoms with van der Waals surface area (Å²) in [4.78, 5) is 50.6. The van der Waals surface area contributed by atoms with Gasteiger partial charge in [-0.15, -0.1) is 0 Å². The van der Waals surface area contributed by atoms with E-state index >= 15 is 0 Å². The van der Waals surface area contributed by atoms with Crippen LogP contribution in [0, 0.1) is 5.41 Å². The van der Waals surface area contributed by atoms with Crippen molar-refractivity contribution in [3.05, 3.63) is 59.2 Å². The van der Waals surface area contributed by atoms with Gasteiger partial charge in [0.25, 0.3) is 5.91 Å². The summed E-state index contributed by atoms with van der Waals surface area (Å²) in [6.45, 7) is 11.8. The highest BCUT2D eigenvalue weighted by atomic mass is 16.5. The molecule has 2 aromatic carbocycles. The summed E-state index contributed by atoms with van der Waals surface area (Å²) < 4.78 is 5.99. The molecule has 0 aliphatic rings. The van der Waals surface area contributed by atoms with Gasteiger partial charge in [-0.25, -0.2) is 0 Å². The number of hydrogen-bond donors (Lipinski definition) is 8. The minimum Gasteiger partial charge on any atom is -0.508 e. The van der Waals surface area contributed by atoms with Crippen molar-refractivity contribution < 1.29 is 34.1 Å². The van der Waals surface area contributed by atoms with Gasteiger partial charge in [0.2, 0.25) is 11.8 Å². The van der Waals surface area contributed by atoms with Gasteiger partial charge in [0, 0.05) is 13.0 Å². The highest BCUT2D eigenvalue weighted by molar-refractivity contribution is 5.93. The summed E-state index contributed by atoms with van der Waals surface area (Å²) >= 11 is 0. The Morgan fingerprint density at radius 1 is 0.872 bits per heavy atom. The first-order valence-corrected chi connectivity index (χ1v) is 15.7. The van der Waals surface area contributed by atoms with Crippen molar-refractivity contribution in [2.75, 3.05) is 19.7 Å². The summed E-state index contributed by atoms with van der Waals surface area (Å²) in [5.41, 5.74) is 7.88. The first-order chi connectivity index (χ1) is 22.0. The number of carboxylic acid groups (broad SMARTS) is 1. The molecule has 47 heavy (non-hydrogen) atoms. The molecule has 258 valence electrons. The number of nitrogens with one attached hydrogen (secondary N) is 5. The molecule has 13 heteroatoms. The molecule has 0 heterocycles. The average molecular weight is 655 g/mol. The van der Waals surface area contributed by atoms with Gasteiger partial charge < -0.3 is 42.0 Å². The number of rotatable bonds is 18. The fraction of sp³-hybridized carbons (Fsp3) is 0.500. The van der Waals surface area contributed by atoms with Gasteiger partial charge >= 0.3 is 5.97 Å². The van der Waals surface area contributed by atoms with Gasteiger partial charge in [-0.05, 0) is 71.0 Å². The van der Waals surface area contributed by atoms with Crippen LogP contribution in [0.15, 0.2) is 42.5 Å². The van der Waals surface area contributed by atoms with Crippen LogP contribution in [0.4, 0.5) is 0 Å². The molecule has 2 rings (SSSR count). The van der Waals surface area contributed by atoms with Crippen LogP contribution in [0.3, 0.4) is 0 Å².